The summed E-state index contributed by atoms with van der Waals surface area (Å²) < 4.78 is 7.25. The minimum absolute atomic E-state index is 0.00590. The van der Waals surface area contributed by atoms with Gasteiger partial charge in [0.25, 0.3) is 5.91 Å². The molecule has 7 rings (SSSR count). The van der Waals surface area contributed by atoms with Crippen molar-refractivity contribution < 1.29 is 9.53 Å². The minimum atomic E-state index is -0.00590. The molecule has 0 unspecified atom stereocenters. The van der Waals surface area contributed by atoms with Gasteiger partial charge in [0.1, 0.15) is 5.75 Å². The number of carbonyl (C=O) groups excluding carboxylic acids is 1. The zero-order chi connectivity index (χ0) is 29.9. The first kappa shape index (κ1) is 28.3. The summed E-state index contributed by atoms with van der Waals surface area (Å²) in [5.74, 6) is 0.771. The molecule has 1 saturated carbocycles. The number of aliphatic imine (C=N–C) groups is 1. The van der Waals surface area contributed by atoms with Gasteiger partial charge in [0.15, 0.2) is 5.17 Å². The van der Waals surface area contributed by atoms with Gasteiger partial charge < -0.3 is 4.74 Å². The predicted octanol–water partition coefficient (Wildman–Crippen LogP) is 8.61. The number of methoxy groups -OCH3 is 1. The first-order valence-corrected chi connectivity index (χ1v) is 16.5. The van der Waals surface area contributed by atoms with E-state index in [4.69, 9.17) is 19.8 Å². The lowest BCUT2D eigenvalue weighted by Gasteiger charge is -2.30. The van der Waals surface area contributed by atoms with Crippen molar-refractivity contribution in [1.82, 2.24) is 19.7 Å². The van der Waals surface area contributed by atoms with Gasteiger partial charge in [-0.25, -0.2) is 9.67 Å². The number of carbonyl (C=O) groups is 1. The third kappa shape index (κ3) is 5.85. The van der Waals surface area contributed by atoms with Crippen LogP contribution in [-0.2, 0) is 4.79 Å². The van der Waals surface area contributed by atoms with Gasteiger partial charge in [-0.1, -0.05) is 67.8 Å². The van der Waals surface area contributed by atoms with Gasteiger partial charge in [0.05, 0.1) is 29.1 Å². The van der Waals surface area contributed by atoms with E-state index in [1.807, 2.05) is 112 Å². The molecule has 0 bridgehead atoms. The van der Waals surface area contributed by atoms with E-state index in [0.29, 0.717) is 15.2 Å². The second-order valence-electron chi connectivity index (χ2n) is 10.8. The summed E-state index contributed by atoms with van der Waals surface area (Å²) in [6.45, 7) is 0. The molecule has 0 atom stereocenters. The Labute approximate surface area is 264 Å². The molecule has 3 aromatic carbocycles. The molecule has 44 heavy (non-hydrogen) atoms. The molecule has 5 aromatic rings. The van der Waals surface area contributed by atoms with Gasteiger partial charge in [-0.3, -0.25) is 9.69 Å². The highest BCUT2D eigenvalue weighted by atomic mass is 32.2. The van der Waals surface area contributed by atoms with E-state index in [2.05, 4.69) is 0 Å². The van der Waals surface area contributed by atoms with E-state index in [-0.39, 0.29) is 11.9 Å². The molecule has 7 nitrogen and oxygen atoms in total. The summed E-state index contributed by atoms with van der Waals surface area (Å²) in [6, 6.07) is 28.1. The van der Waals surface area contributed by atoms with Gasteiger partial charge in [-0.2, -0.15) is 10.1 Å². The summed E-state index contributed by atoms with van der Waals surface area (Å²) in [5.41, 5.74) is 5.48. The van der Waals surface area contributed by atoms with Gasteiger partial charge in [-0.15, -0.1) is 11.3 Å². The molecule has 1 aliphatic heterocycles. The summed E-state index contributed by atoms with van der Waals surface area (Å²) in [7, 11) is 1.66. The van der Waals surface area contributed by atoms with Crippen molar-refractivity contribution >= 4 is 45.4 Å². The number of rotatable bonds is 7. The van der Waals surface area contributed by atoms with Crippen LogP contribution < -0.4 is 4.74 Å². The van der Waals surface area contributed by atoms with Crippen molar-refractivity contribution in [3.63, 3.8) is 0 Å². The van der Waals surface area contributed by atoms with E-state index in [1.54, 1.807) is 7.11 Å². The predicted molar refractivity (Wildman–Crippen MR) is 179 cm³/mol. The van der Waals surface area contributed by atoms with Crippen LogP contribution in [-0.4, -0.2) is 43.9 Å². The smallest absolute Gasteiger partial charge is 0.267 e. The Morgan fingerprint density at radius 2 is 1.64 bits per heavy atom. The summed E-state index contributed by atoms with van der Waals surface area (Å²) in [4.78, 5) is 26.5. The molecule has 0 N–H and O–H groups in total. The van der Waals surface area contributed by atoms with Crippen molar-refractivity contribution in [1.29, 1.82) is 0 Å². The Morgan fingerprint density at radius 3 is 2.36 bits per heavy atom. The minimum Gasteiger partial charge on any atom is -0.497 e. The lowest BCUT2D eigenvalue weighted by atomic mass is 9.94. The second-order valence-corrected chi connectivity index (χ2v) is 12.6. The maximum absolute atomic E-state index is 14.1. The maximum Gasteiger partial charge on any atom is 0.267 e. The van der Waals surface area contributed by atoms with Crippen molar-refractivity contribution in [2.75, 3.05) is 7.11 Å². The van der Waals surface area contributed by atoms with Gasteiger partial charge >= 0.3 is 0 Å². The average Bonchev–Trinajstić information content (AvgIpc) is 3.80. The van der Waals surface area contributed by atoms with Crippen molar-refractivity contribution in [3.8, 4) is 34.0 Å². The summed E-state index contributed by atoms with van der Waals surface area (Å²) in [5, 5.41) is 8.33. The van der Waals surface area contributed by atoms with Crippen molar-refractivity contribution in [2.45, 2.75) is 38.1 Å². The Morgan fingerprint density at radius 1 is 0.909 bits per heavy atom. The van der Waals surface area contributed by atoms with Gasteiger partial charge in [-0.05, 0) is 67.1 Å². The molecule has 3 heterocycles. The number of nitrogens with zero attached hydrogens (tertiary/aromatic N) is 5. The van der Waals surface area contributed by atoms with Crippen LogP contribution in [0.5, 0.6) is 5.75 Å². The van der Waals surface area contributed by atoms with Crippen molar-refractivity contribution in [3.05, 3.63) is 107 Å². The molecule has 1 saturated heterocycles. The molecule has 2 aliphatic rings. The number of thioether (sulfide) groups is 1. The zero-order valence-corrected chi connectivity index (χ0v) is 25.9. The Bertz CT molecular complexity index is 1820. The van der Waals surface area contributed by atoms with E-state index in [9.17, 15) is 4.79 Å². The topological polar surface area (TPSA) is 72.6 Å². The molecule has 2 fully saturated rings. The fourth-order valence-electron chi connectivity index (χ4n) is 5.69. The molecule has 9 heteroatoms. The third-order valence-electron chi connectivity index (χ3n) is 7.94. The first-order chi connectivity index (χ1) is 21.7. The SMILES string of the molecule is COc1ccc(-c2nn(-c3ccccc3)cc2/C=C2\S/C(=N/c3nc(-c4ccccc4)cs3)N(C3CCCCC3)C2=O)cc1. The van der Waals surface area contributed by atoms with Crippen LogP contribution in [0.15, 0.2) is 106 Å². The fraction of sp³-hybridized carbons (Fsp3) is 0.200. The number of hydrogen-bond donors (Lipinski definition) is 0. The number of benzene rings is 3. The fourth-order valence-corrected chi connectivity index (χ4v) is 7.47. The number of aromatic nitrogens is 3. The monoisotopic (exact) mass is 617 g/mol. The second kappa shape index (κ2) is 12.6. The van der Waals surface area contributed by atoms with Gasteiger partial charge in [0.2, 0.25) is 5.13 Å². The quantitative estimate of drug-likeness (QED) is 0.171. The summed E-state index contributed by atoms with van der Waals surface area (Å²) >= 11 is 2.92. The number of thiazole rings is 1. The van der Waals surface area contributed by atoms with Crippen LogP contribution in [0.1, 0.15) is 37.7 Å². The standard InChI is InChI=1S/C35H31N5O2S2/c1-42-29-19-17-25(18-20-29)32-26(22-39(38-32)27-13-7-3-8-14-27)21-31-33(41)40(28-15-9-4-10-16-28)35(44-31)37-34-36-30(23-43-34)24-11-5-2-6-12-24/h2-3,5-8,11-14,17-23,28H,4,9-10,15-16H2,1H3/b31-21-,37-35+. The Balaban J connectivity index is 1.28. The van der Waals surface area contributed by atoms with Crippen LogP contribution in [0.4, 0.5) is 5.13 Å². The van der Waals surface area contributed by atoms with E-state index < -0.39 is 0 Å². The van der Waals surface area contributed by atoms with E-state index in [0.717, 1.165) is 65.2 Å². The normalized spacial score (nSPS) is 17.6. The number of para-hydroxylation sites is 1. The van der Waals surface area contributed by atoms with Gasteiger partial charge in [0, 0.05) is 34.3 Å². The highest BCUT2D eigenvalue weighted by molar-refractivity contribution is 8.18. The van der Waals surface area contributed by atoms with Crippen molar-refractivity contribution in [2.24, 2.45) is 4.99 Å². The molecule has 1 amide bonds. The van der Waals surface area contributed by atoms with Crippen LogP contribution in [0.25, 0.3) is 34.3 Å². The highest BCUT2D eigenvalue weighted by Gasteiger charge is 2.39. The molecular weight excluding hydrogens is 587 g/mol. The number of hydrogen-bond acceptors (Lipinski definition) is 7. The molecule has 1 aliphatic carbocycles. The average molecular weight is 618 g/mol. The molecule has 0 spiro atoms. The van der Waals surface area contributed by atoms with Crippen LogP contribution in [0.3, 0.4) is 0 Å². The van der Waals surface area contributed by atoms with Crippen LogP contribution in [0, 0.1) is 0 Å². The van der Waals surface area contributed by atoms with E-state index in [1.165, 1.54) is 29.5 Å². The van der Waals surface area contributed by atoms with Crippen LogP contribution in [0.2, 0.25) is 0 Å². The molecule has 2 aromatic heterocycles. The largest absolute Gasteiger partial charge is 0.497 e. The first-order valence-electron chi connectivity index (χ1n) is 14.8. The van der Waals surface area contributed by atoms with E-state index >= 15 is 0 Å². The Hall–Kier alpha value is -4.47. The lowest BCUT2D eigenvalue weighted by Crippen LogP contribution is -2.40. The van der Waals surface area contributed by atoms with Crippen LogP contribution >= 0.6 is 23.1 Å². The molecule has 220 valence electrons. The highest BCUT2D eigenvalue weighted by Crippen LogP contribution is 2.40. The number of amides is 1. The Kier molecular flexibility index (Phi) is 8.13. The zero-order valence-electron chi connectivity index (χ0n) is 24.3. The number of amidine groups is 1. The lowest BCUT2D eigenvalue weighted by molar-refractivity contribution is -0.124. The maximum atomic E-state index is 14.1. The molecule has 0 radical (unpaired) electrons. The molecular formula is C35H31N5O2S2. The third-order valence-corrected chi connectivity index (χ3v) is 9.66. The summed E-state index contributed by atoms with van der Waals surface area (Å²) in [6.07, 6.45) is 9.36. The number of ether oxygens (including phenoxy) is 1.